The van der Waals surface area contributed by atoms with Gasteiger partial charge in [-0.15, -0.1) is 0 Å². The summed E-state index contributed by atoms with van der Waals surface area (Å²) in [4.78, 5) is 2.96. The maximum atomic E-state index is 13.2. The largest absolute Gasteiger partial charge is 0.389 e. The maximum absolute atomic E-state index is 13.2. The lowest BCUT2D eigenvalue weighted by Crippen LogP contribution is -2.17. The number of nitrogens with one attached hydrogen (secondary N) is 1. The average Bonchev–Trinajstić information content (AvgIpc) is 3.17. The van der Waals surface area contributed by atoms with Gasteiger partial charge in [-0.05, 0) is 73.4 Å². The molecular formula is C28H34F3N3OS. The third-order valence-corrected chi connectivity index (χ3v) is 7.08. The second-order valence-electron chi connectivity index (χ2n) is 9.05. The number of hydrogen-bond donors (Lipinski definition) is 1. The van der Waals surface area contributed by atoms with Gasteiger partial charge in [-0.25, -0.2) is 0 Å². The van der Waals surface area contributed by atoms with Crippen molar-refractivity contribution in [1.29, 1.82) is 0 Å². The number of aromatic nitrogens is 1. The molecule has 3 aromatic rings. The van der Waals surface area contributed by atoms with E-state index in [1.165, 1.54) is 11.9 Å². The van der Waals surface area contributed by atoms with Crippen molar-refractivity contribution in [2.45, 2.75) is 70.5 Å². The molecule has 0 bridgehead atoms. The Morgan fingerprint density at radius 3 is 2.56 bits per heavy atom. The van der Waals surface area contributed by atoms with E-state index in [1.807, 2.05) is 63.4 Å². The van der Waals surface area contributed by atoms with Gasteiger partial charge in [0.1, 0.15) is 0 Å². The van der Waals surface area contributed by atoms with Crippen LogP contribution in [0.3, 0.4) is 0 Å². The molecule has 3 rings (SSSR count). The normalized spacial score (nSPS) is 11.5. The van der Waals surface area contributed by atoms with Crippen molar-refractivity contribution in [3.63, 3.8) is 0 Å². The topological polar surface area (TPSA) is 41.3 Å². The summed E-state index contributed by atoms with van der Waals surface area (Å²) in [5, 5.41) is 3.96. The molecule has 0 saturated heterocycles. The number of rotatable bonds is 12. The van der Waals surface area contributed by atoms with Crippen LogP contribution in [0.2, 0.25) is 0 Å². The minimum absolute atomic E-state index is 0.0833. The van der Waals surface area contributed by atoms with Gasteiger partial charge in [0, 0.05) is 36.2 Å². The van der Waals surface area contributed by atoms with Crippen molar-refractivity contribution in [3.05, 3.63) is 77.1 Å². The lowest BCUT2D eigenvalue weighted by atomic mass is 9.94. The lowest BCUT2D eigenvalue weighted by Gasteiger charge is -2.23. The van der Waals surface area contributed by atoms with Gasteiger partial charge >= 0.3 is 6.18 Å². The summed E-state index contributed by atoms with van der Waals surface area (Å²) in [7, 11) is 1.98. The first-order chi connectivity index (χ1) is 17.1. The highest BCUT2D eigenvalue weighted by atomic mass is 32.2. The predicted molar refractivity (Wildman–Crippen MR) is 142 cm³/mol. The number of aryl methyl sites for hydroxylation is 2. The summed E-state index contributed by atoms with van der Waals surface area (Å²) in [5.74, 6) is 0.561. The minimum atomic E-state index is -4.23. The third-order valence-electron chi connectivity index (χ3n) is 6.21. The molecule has 0 aliphatic rings. The van der Waals surface area contributed by atoms with Crippen LogP contribution < -0.4 is 4.72 Å². The first-order valence-electron chi connectivity index (χ1n) is 12.1. The van der Waals surface area contributed by atoms with Gasteiger partial charge in [0.05, 0.1) is 5.69 Å². The molecule has 0 aliphatic heterocycles. The molecule has 1 heterocycles. The predicted octanol–water partition coefficient (Wildman–Crippen LogP) is 8.71. The molecule has 0 amide bonds. The van der Waals surface area contributed by atoms with E-state index < -0.39 is 12.6 Å². The van der Waals surface area contributed by atoms with Gasteiger partial charge in [-0.2, -0.15) is 13.2 Å². The number of unbranched alkanes of at least 4 members (excludes halogenated alkanes) is 1. The van der Waals surface area contributed by atoms with Crippen molar-refractivity contribution in [2.24, 2.45) is 0 Å². The number of anilines is 1. The number of alkyl halides is 3. The molecule has 8 heteroatoms. The quantitative estimate of drug-likeness (QED) is 0.243. The van der Waals surface area contributed by atoms with Crippen LogP contribution in [0.1, 0.15) is 55.0 Å². The first-order valence-corrected chi connectivity index (χ1v) is 12.9. The van der Waals surface area contributed by atoms with E-state index in [4.69, 9.17) is 4.52 Å². The Morgan fingerprint density at radius 2 is 1.89 bits per heavy atom. The van der Waals surface area contributed by atoms with Crippen LogP contribution in [-0.4, -0.2) is 23.3 Å². The fraction of sp³-hybridized carbons (Fsp3) is 0.393. The van der Waals surface area contributed by atoms with Gasteiger partial charge < -0.3 is 9.42 Å². The highest BCUT2D eigenvalue weighted by Gasteiger charge is 2.27. The summed E-state index contributed by atoms with van der Waals surface area (Å²) < 4.78 is 48.1. The van der Waals surface area contributed by atoms with Crippen molar-refractivity contribution in [3.8, 4) is 11.1 Å². The van der Waals surface area contributed by atoms with Crippen LogP contribution in [0, 0.1) is 13.8 Å². The monoisotopic (exact) mass is 517 g/mol. The van der Waals surface area contributed by atoms with Gasteiger partial charge in [0.15, 0.2) is 0 Å². The zero-order valence-corrected chi connectivity index (χ0v) is 22.2. The molecule has 0 spiro atoms. The number of allylic oxidation sites excluding steroid dienone is 1. The highest BCUT2D eigenvalue weighted by Crippen LogP contribution is 2.36. The molecule has 2 aromatic carbocycles. The van der Waals surface area contributed by atoms with Gasteiger partial charge in [-0.1, -0.05) is 61.5 Å². The Bertz CT molecular complexity index is 1170. The molecule has 0 fully saturated rings. The van der Waals surface area contributed by atoms with Crippen molar-refractivity contribution in [2.75, 3.05) is 11.8 Å². The van der Waals surface area contributed by atoms with E-state index >= 15 is 0 Å². The smallest absolute Gasteiger partial charge is 0.374 e. The van der Waals surface area contributed by atoms with Crippen LogP contribution in [0.4, 0.5) is 19.1 Å². The molecule has 1 N–H and O–H groups in total. The van der Waals surface area contributed by atoms with E-state index in [2.05, 4.69) is 28.3 Å². The van der Waals surface area contributed by atoms with E-state index in [0.717, 1.165) is 57.8 Å². The first kappa shape index (κ1) is 27.7. The van der Waals surface area contributed by atoms with E-state index in [-0.39, 0.29) is 6.42 Å². The van der Waals surface area contributed by atoms with Crippen LogP contribution in [-0.2, 0) is 13.0 Å². The molecule has 36 heavy (non-hydrogen) atoms. The van der Waals surface area contributed by atoms with Crippen molar-refractivity contribution < 1.29 is 17.7 Å². The van der Waals surface area contributed by atoms with E-state index in [9.17, 15) is 13.2 Å². The van der Waals surface area contributed by atoms with Crippen LogP contribution >= 0.6 is 11.9 Å². The highest BCUT2D eigenvalue weighted by molar-refractivity contribution is 8.00. The molecule has 1 aromatic heterocycles. The summed E-state index contributed by atoms with van der Waals surface area (Å²) in [5.41, 5.74) is 6.06. The second kappa shape index (κ2) is 12.4. The molecule has 4 nitrogen and oxygen atoms in total. The Labute approximate surface area is 216 Å². The fourth-order valence-corrected chi connectivity index (χ4v) is 4.67. The zero-order valence-electron chi connectivity index (χ0n) is 21.3. The summed E-state index contributed by atoms with van der Waals surface area (Å²) >= 11 is 1.36. The molecule has 0 atom stereocenters. The number of hydrogen-bond acceptors (Lipinski definition) is 5. The molecule has 0 saturated carbocycles. The SMILES string of the molecule is C=C(CCCC)N(C)Cc1ccc(-c2ccccc2SNc2onc(C)c2C)c(CCC(F)(F)F)c1. The number of halogens is 3. The van der Waals surface area contributed by atoms with Crippen molar-refractivity contribution >= 4 is 17.8 Å². The summed E-state index contributed by atoms with van der Waals surface area (Å²) in [6.45, 7) is 10.7. The van der Waals surface area contributed by atoms with Gasteiger partial charge in [0.25, 0.3) is 0 Å². The molecule has 0 unspecified atom stereocenters. The number of benzene rings is 2. The Morgan fingerprint density at radius 1 is 1.14 bits per heavy atom. The lowest BCUT2D eigenvalue weighted by molar-refractivity contribution is -0.133. The van der Waals surface area contributed by atoms with Crippen LogP contribution in [0.15, 0.2) is 64.2 Å². The summed E-state index contributed by atoms with van der Waals surface area (Å²) in [6, 6.07) is 13.5. The average molecular weight is 518 g/mol. The van der Waals surface area contributed by atoms with Crippen LogP contribution in [0.5, 0.6) is 0 Å². The van der Waals surface area contributed by atoms with Crippen molar-refractivity contribution in [1.82, 2.24) is 10.1 Å². The molecule has 0 radical (unpaired) electrons. The summed E-state index contributed by atoms with van der Waals surface area (Å²) in [6.07, 6.45) is -2.12. The van der Waals surface area contributed by atoms with E-state index in [0.29, 0.717) is 18.0 Å². The van der Waals surface area contributed by atoms with E-state index in [1.54, 1.807) is 0 Å². The van der Waals surface area contributed by atoms with Gasteiger partial charge in [0.2, 0.25) is 5.88 Å². The number of nitrogens with zero attached hydrogens (tertiary/aromatic N) is 2. The minimum Gasteiger partial charge on any atom is -0.374 e. The van der Waals surface area contributed by atoms with Gasteiger partial charge in [-0.3, -0.25) is 4.72 Å². The molecular weight excluding hydrogens is 483 g/mol. The third kappa shape index (κ3) is 7.56. The zero-order chi connectivity index (χ0) is 26.3. The molecule has 0 aliphatic carbocycles. The Balaban J connectivity index is 1.89. The standard InChI is InChI=1S/C28H34F3N3OS/c1-6-7-10-19(2)34(5)18-22-13-14-24(23(17-22)15-16-28(29,30)31)25-11-8-9-12-26(25)36-33-27-20(3)21(4)32-35-27/h8-9,11-14,17,33H,2,6-7,10,15-16,18H2,1,3-5H3. The molecule has 194 valence electrons. The maximum Gasteiger partial charge on any atom is 0.389 e. The Hall–Kier alpha value is -2.87. The second-order valence-corrected chi connectivity index (χ2v) is 9.90. The van der Waals surface area contributed by atoms with Crippen LogP contribution in [0.25, 0.3) is 11.1 Å². The Kier molecular flexibility index (Phi) is 9.54. The fourth-order valence-electron chi connectivity index (χ4n) is 3.84.